The number of carbonyl (C=O) groups excluding carboxylic acids is 2. The van der Waals surface area contributed by atoms with Crippen molar-refractivity contribution in [2.45, 2.75) is 51.3 Å². The Morgan fingerprint density at radius 1 is 1.22 bits per heavy atom. The first-order valence-electron chi connectivity index (χ1n) is 9.36. The predicted molar refractivity (Wildman–Crippen MR) is 107 cm³/mol. The quantitative estimate of drug-likeness (QED) is 0.567. The molecule has 6 heteroatoms. The molecule has 1 N–H and O–H groups in total. The highest BCUT2D eigenvalue weighted by Crippen LogP contribution is 2.40. The third-order valence-corrected chi connectivity index (χ3v) is 6.02. The van der Waals surface area contributed by atoms with Gasteiger partial charge in [-0.2, -0.15) is 5.26 Å². The van der Waals surface area contributed by atoms with Crippen LogP contribution in [0, 0.1) is 28.6 Å². The van der Waals surface area contributed by atoms with E-state index in [9.17, 15) is 9.59 Å². The number of rotatable bonds is 6. The summed E-state index contributed by atoms with van der Waals surface area (Å²) in [6, 6.07) is 9.34. The van der Waals surface area contributed by atoms with E-state index < -0.39 is 0 Å². The number of ether oxygens (including phenoxy) is 1. The van der Waals surface area contributed by atoms with Gasteiger partial charge < -0.3 is 10.1 Å². The molecule has 1 aromatic carbocycles. The van der Waals surface area contributed by atoms with E-state index in [4.69, 9.17) is 10.00 Å². The van der Waals surface area contributed by atoms with E-state index in [0.29, 0.717) is 17.4 Å². The lowest BCUT2D eigenvalue weighted by atomic mass is 9.70. The predicted octanol–water partition coefficient (Wildman–Crippen LogP) is 4.64. The Labute approximate surface area is 165 Å². The Bertz CT molecular complexity index is 698. The summed E-state index contributed by atoms with van der Waals surface area (Å²) >= 11 is 1.35. The van der Waals surface area contributed by atoms with E-state index in [1.54, 1.807) is 6.07 Å². The molecule has 0 aliphatic heterocycles. The van der Waals surface area contributed by atoms with Crippen molar-refractivity contribution >= 4 is 29.3 Å². The molecule has 2 rings (SSSR count). The fraction of sp³-hybridized carbons (Fsp3) is 0.571. The normalized spacial score (nSPS) is 19.8. The third-order valence-electron chi connectivity index (χ3n) is 5.08. The van der Waals surface area contributed by atoms with E-state index in [0.717, 1.165) is 30.6 Å². The van der Waals surface area contributed by atoms with Crippen LogP contribution >= 0.6 is 11.8 Å². The number of esters is 1. The van der Waals surface area contributed by atoms with Gasteiger partial charge in [0.2, 0.25) is 0 Å². The minimum absolute atomic E-state index is 0.102. The van der Waals surface area contributed by atoms with Gasteiger partial charge in [0, 0.05) is 4.90 Å². The number of hydrogen-bond acceptors (Lipinski definition) is 5. The van der Waals surface area contributed by atoms with Crippen molar-refractivity contribution in [3.05, 3.63) is 24.3 Å². The third kappa shape index (κ3) is 6.59. The van der Waals surface area contributed by atoms with Crippen LogP contribution in [0.1, 0.15) is 46.5 Å². The lowest BCUT2D eigenvalue weighted by Crippen LogP contribution is -2.31. The summed E-state index contributed by atoms with van der Waals surface area (Å²) in [6.07, 6.45) is 3.71. The number of nitriles is 1. The lowest BCUT2D eigenvalue weighted by molar-refractivity contribution is -0.153. The Morgan fingerprint density at radius 2 is 1.89 bits per heavy atom. The van der Waals surface area contributed by atoms with E-state index in [-0.39, 0.29) is 29.8 Å². The van der Waals surface area contributed by atoms with Crippen LogP contribution in [0.4, 0.5) is 5.69 Å². The highest BCUT2D eigenvalue weighted by molar-refractivity contribution is 7.99. The van der Waals surface area contributed by atoms with Crippen LogP contribution in [0.3, 0.4) is 0 Å². The summed E-state index contributed by atoms with van der Waals surface area (Å²) in [6.45, 7) is 6.45. The summed E-state index contributed by atoms with van der Waals surface area (Å²) in [5, 5.41) is 11.5. The molecular weight excluding hydrogens is 360 g/mol. The number of benzene rings is 1. The second kappa shape index (κ2) is 9.80. The maximum absolute atomic E-state index is 12.3. The van der Waals surface area contributed by atoms with E-state index in [2.05, 4.69) is 32.2 Å². The summed E-state index contributed by atoms with van der Waals surface area (Å²) in [5.41, 5.74) is 0.899. The Morgan fingerprint density at radius 3 is 2.52 bits per heavy atom. The van der Waals surface area contributed by atoms with E-state index in [1.165, 1.54) is 11.8 Å². The topological polar surface area (TPSA) is 79.2 Å². The van der Waals surface area contributed by atoms with Crippen LogP contribution in [0.2, 0.25) is 0 Å². The molecule has 5 nitrogen and oxygen atoms in total. The first-order chi connectivity index (χ1) is 12.8. The standard InChI is InChI=1S/C21H28N2O3S/c1-21(2,3)16-10-8-15(9-11-16)20(25)26-14-19(24)23-17-6-4-5-7-18(17)27-13-12-22/h4-7,15-16H,8-11,13-14H2,1-3H3,(H,23,24). The molecule has 146 valence electrons. The van der Waals surface area contributed by atoms with Gasteiger partial charge in [0.1, 0.15) is 0 Å². The van der Waals surface area contributed by atoms with Crippen molar-refractivity contribution in [2.75, 3.05) is 17.7 Å². The largest absolute Gasteiger partial charge is 0.455 e. The van der Waals surface area contributed by atoms with E-state index in [1.807, 2.05) is 18.2 Å². The number of nitrogens with zero attached hydrogens (tertiary/aromatic N) is 1. The van der Waals surface area contributed by atoms with Crippen LogP contribution < -0.4 is 5.32 Å². The monoisotopic (exact) mass is 388 g/mol. The minimum atomic E-state index is -0.364. The molecular formula is C21H28N2O3S. The Balaban J connectivity index is 1.79. The summed E-state index contributed by atoms with van der Waals surface area (Å²) in [4.78, 5) is 25.2. The van der Waals surface area contributed by atoms with Gasteiger partial charge in [0.05, 0.1) is 23.4 Å². The fourth-order valence-electron chi connectivity index (χ4n) is 3.44. The highest BCUT2D eigenvalue weighted by Gasteiger charge is 2.33. The Kier molecular flexibility index (Phi) is 7.73. The van der Waals surface area contributed by atoms with Crippen LogP contribution in [0.15, 0.2) is 29.2 Å². The lowest BCUT2D eigenvalue weighted by Gasteiger charge is -2.36. The minimum Gasteiger partial charge on any atom is -0.455 e. The number of thioether (sulfide) groups is 1. The van der Waals surface area contributed by atoms with Crippen LogP contribution in [0.5, 0.6) is 0 Å². The van der Waals surface area contributed by atoms with Crippen molar-refractivity contribution in [1.82, 2.24) is 0 Å². The molecule has 1 saturated carbocycles. The van der Waals surface area contributed by atoms with E-state index >= 15 is 0 Å². The number of nitrogens with one attached hydrogen (secondary N) is 1. The molecule has 1 amide bonds. The smallest absolute Gasteiger partial charge is 0.309 e. The molecule has 1 aliphatic rings. The molecule has 0 bridgehead atoms. The molecule has 0 unspecified atom stereocenters. The Hall–Kier alpha value is -2.00. The second-order valence-electron chi connectivity index (χ2n) is 8.01. The zero-order chi connectivity index (χ0) is 19.9. The van der Waals surface area contributed by atoms with Crippen LogP contribution in [-0.4, -0.2) is 24.2 Å². The molecule has 0 heterocycles. The van der Waals surface area contributed by atoms with Gasteiger partial charge in [-0.15, -0.1) is 11.8 Å². The average molecular weight is 389 g/mol. The SMILES string of the molecule is CC(C)(C)C1CCC(C(=O)OCC(=O)Nc2ccccc2SCC#N)CC1. The van der Waals surface area contributed by atoms with Crippen LogP contribution in [-0.2, 0) is 14.3 Å². The number of para-hydroxylation sites is 1. The fourth-order valence-corrected chi connectivity index (χ4v) is 4.11. The molecule has 0 radical (unpaired) electrons. The van der Waals surface area contributed by atoms with Gasteiger partial charge in [-0.05, 0) is 49.1 Å². The number of carbonyl (C=O) groups is 2. The number of hydrogen-bond donors (Lipinski definition) is 1. The van der Waals surface area contributed by atoms with Gasteiger partial charge in [-0.25, -0.2) is 0 Å². The van der Waals surface area contributed by atoms with Crippen molar-refractivity contribution < 1.29 is 14.3 Å². The first kappa shape index (κ1) is 21.3. The molecule has 0 spiro atoms. The molecule has 0 atom stereocenters. The van der Waals surface area contributed by atoms with Gasteiger partial charge in [-0.3, -0.25) is 9.59 Å². The maximum Gasteiger partial charge on any atom is 0.309 e. The number of anilines is 1. The van der Waals surface area contributed by atoms with Crippen LogP contribution in [0.25, 0.3) is 0 Å². The molecule has 1 fully saturated rings. The molecule has 1 aliphatic carbocycles. The highest BCUT2D eigenvalue weighted by atomic mass is 32.2. The first-order valence-corrected chi connectivity index (χ1v) is 10.3. The zero-order valence-electron chi connectivity index (χ0n) is 16.3. The molecule has 27 heavy (non-hydrogen) atoms. The number of amides is 1. The van der Waals surface area contributed by atoms with Gasteiger partial charge in [0.25, 0.3) is 5.91 Å². The van der Waals surface area contributed by atoms with Crippen molar-refractivity contribution in [3.8, 4) is 6.07 Å². The van der Waals surface area contributed by atoms with Gasteiger partial charge in [0.15, 0.2) is 6.61 Å². The van der Waals surface area contributed by atoms with Crippen molar-refractivity contribution in [2.24, 2.45) is 17.3 Å². The average Bonchev–Trinajstić information content (AvgIpc) is 2.65. The zero-order valence-corrected chi connectivity index (χ0v) is 17.1. The summed E-state index contributed by atoms with van der Waals surface area (Å²) in [7, 11) is 0. The van der Waals surface area contributed by atoms with Gasteiger partial charge >= 0.3 is 5.97 Å². The maximum atomic E-state index is 12.3. The van der Waals surface area contributed by atoms with Crippen molar-refractivity contribution in [1.29, 1.82) is 5.26 Å². The molecule has 0 aromatic heterocycles. The summed E-state index contributed by atoms with van der Waals surface area (Å²) < 4.78 is 5.25. The van der Waals surface area contributed by atoms with Crippen molar-refractivity contribution in [3.63, 3.8) is 0 Å². The molecule has 1 aromatic rings. The molecule has 0 saturated heterocycles. The van der Waals surface area contributed by atoms with Gasteiger partial charge in [-0.1, -0.05) is 32.9 Å². The second-order valence-corrected chi connectivity index (χ2v) is 9.03. The summed E-state index contributed by atoms with van der Waals surface area (Å²) in [5.74, 6) is 0.197.